The lowest BCUT2D eigenvalue weighted by molar-refractivity contribution is 0.766. The van der Waals surface area contributed by atoms with Gasteiger partial charge in [-0.3, -0.25) is 0 Å². The van der Waals surface area contributed by atoms with Crippen molar-refractivity contribution in [1.82, 2.24) is 15.0 Å². The van der Waals surface area contributed by atoms with Gasteiger partial charge in [0.1, 0.15) is 5.70 Å². The van der Waals surface area contributed by atoms with E-state index in [1.54, 1.807) is 19.3 Å². The third-order valence-corrected chi connectivity index (χ3v) is 1.55. The van der Waals surface area contributed by atoms with Crippen LogP contribution in [0.1, 0.15) is 13.8 Å². The van der Waals surface area contributed by atoms with Crippen LogP contribution in [0.5, 0.6) is 0 Å². The molecule has 1 rings (SSSR count). The van der Waals surface area contributed by atoms with E-state index >= 15 is 0 Å². The van der Waals surface area contributed by atoms with Crippen molar-refractivity contribution in [3.05, 3.63) is 30.1 Å². The first-order valence-corrected chi connectivity index (χ1v) is 3.80. The Bertz CT molecular complexity index is 378. The van der Waals surface area contributed by atoms with E-state index in [1.165, 1.54) is 4.80 Å². The normalized spacial score (nSPS) is 11.8. The number of rotatable bonds is 2. The van der Waals surface area contributed by atoms with Crippen molar-refractivity contribution in [2.75, 3.05) is 0 Å². The van der Waals surface area contributed by atoms with Crippen LogP contribution in [-0.4, -0.2) is 15.0 Å². The maximum Gasteiger partial charge on any atom is 0.101 e. The van der Waals surface area contributed by atoms with Crippen molar-refractivity contribution in [3.8, 4) is 6.07 Å². The van der Waals surface area contributed by atoms with Gasteiger partial charge in [0, 0.05) is 0 Å². The summed E-state index contributed by atoms with van der Waals surface area (Å²) in [7, 11) is 0. The molecule has 0 radical (unpaired) electrons. The van der Waals surface area contributed by atoms with E-state index in [0.717, 1.165) is 5.57 Å². The molecule has 1 heterocycles. The van der Waals surface area contributed by atoms with Crippen LogP contribution in [0.4, 0.5) is 0 Å². The minimum absolute atomic E-state index is 0.559. The molecular formula is C9H10N4. The predicted octanol–water partition coefficient (Wildman–Crippen LogP) is 1.61. The molecule has 0 aliphatic carbocycles. The average molecular weight is 174 g/mol. The molecule has 1 aromatic rings. The first-order valence-electron chi connectivity index (χ1n) is 3.80. The smallest absolute Gasteiger partial charge is 0.101 e. The lowest BCUT2D eigenvalue weighted by Gasteiger charge is -2.05. The number of allylic oxidation sites excluding steroid dienone is 3. The summed E-state index contributed by atoms with van der Waals surface area (Å²) in [6.07, 6.45) is 3.13. The number of hydrogen-bond donors (Lipinski definition) is 0. The Labute approximate surface area is 76.8 Å². The van der Waals surface area contributed by atoms with Crippen LogP contribution in [0.3, 0.4) is 0 Å². The van der Waals surface area contributed by atoms with Crippen LogP contribution in [0.25, 0.3) is 5.70 Å². The average Bonchev–Trinajstić information content (AvgIpc) is 2.56. The van der Waals surface area contributed by atoms with Crippen LogP contribution < -0.4 is 0 Å². The molecule has 0 saturated carbocycles. The molecule has 0 unspecified atom stereocenters. The third kappa shape index (κ3) is 1.82. The summed E-state index contributed by atoms with van der Waals surface area (Å²) in [5.41, 5.74) is 1.99. The summed E-state index contributed by atoms with van der Waals surface area (Å²) < 4.78 is 0. The van der Waals surface area contributed by atoms with Gasteiger partial charge in [0.15, 0.2) is 0 Å². The molecular weight excluding hydrogens is 164 g/mol. The standard InChI is InChI=1S/C9H10N4/c1-7(2)9(8(3)6-10)13-11-4-5-12-13/h4-5H,1H2,2-3H3. The summed E-state index contributed by atoms with van der Waals surface area (Å²) in [6, 6.07) is 2.05. The molecule has 0 aliphatic heterocycles. The molecule has 66 valence electrons. The van der Waals surface area contributed by atoms with Gasteiger partial charge in [0.25, 0.3) is 0 Å². The second-order valence-corrected chi connectivity index (χ2v) is 2.68. The molecule has 1 aromatic heterocycles. The van der Waals surface area contributed by atoms with Gasteiger partial charge in [-0.1, -0.05) is 6.58 Å². The van der Waals surface area contributed by atoms with Crippen molar-refractivity contribution in [2.45, 2.75) is 13.8 Å². The van der Waals surface area contributed by atoms with Gasteiger partial charge < -0.3 is 0 Å². The predicted molar refractivity (Wildman–Crippen MR) is 49.3 cm³/mol. The summed E-state index contributed by atoms with van der Waals surface area (Å²) in [5.74, 6) is 0. The van der Waals surface area contributed by atoms with E-state index in [0.29, 0.717) is 11.3 Å². The van der Waals surface area contributed by atoms with E-state index < -0.39 is 0 Å². The Morgan fingerprint density at radius 3 is 2.31 bits per heavy atom. The summed E-state index contributed by atoms with van der Waals surface area (Å²) >= 11 is 0. The number of aromatic nitrogens is 3. The van der Waals surface area contributed by atoms with Crippen molar-refractivity contribution in [3.63, 3.8) is 0 Å². The summed E-state index contributed by atoms with van der Waals surface area (Å²) in [6.45, 7) is 7.31. The lowest BCUT2D eigenvalue weighted by Crippen LogP contribution is -2.04. The molecule has 0 bridgehead atoms. The van der Waals surface area contributed by atoms with Crippen molar-refractivity contribution in [1.29, 1.82) is 5.26 Å². The Morgan fingerprint density at radius 1 is 1.38 bits per heavy atom. The number of hydrogen-bond acceptors (Lipinski definition) is 3. The fourth-order valence-corrected chi connectivity index (χ4v) is 1.02. The summed E-state index contributed by atoms with van der Waals surface area (Å²) in [5, 5.41) is 16.6. The highest BCUT2D eigenvalue weighted by molar-refractivity contribution is 5.67. The lowest BCUT2D eigenvalue weighted by atomic mass is 10.1. The molecule has 4 heteroatoms. The van der Waals surface area contributed by atoms with E-state index in [-0.39, 0.29) is 0 Å². The zero-order valence-corrected chi connectivity index (χ0v) is 7.65. The molecule has 0 aliphatic rings. The molecule has 0 amide bonds. The first-order chi connectivity index (χ1) is 6.16. The van der Waals surface area contributed by atoms with Crippen LogP contribution in [0, 0.1) is 11.3 Å². The fraction of sp³-hybridized carbons (Fsp3) is 0.222. The van der Waals surface area contributed by atoms with E-state index in [9.17, 15) is 0 Å². The Hall–Kier alpha value is -1.89. The largest absolute Gasteiger partial charge is 0.193 e. The van der Waals surface area contributed by atoms with Gasteiger partial charge >= 0.3 is 0 Å². The van der Waals surface area contributed by atoms with Crippen molar-refractivity contribution in [2.24, 2.45) is 0 Å². The highest BCUT2D eigenvalue weighted by atomic mass is 15.5. The first kappa shape index (κ1) is 9.20. The third-order valence-electron chi connectivity index (χ3n) is 1.55. The van der Waals surface area contributed by atoms with Crippen LogP contribution >= 0.6 is 0 Å². The zero-order chi connectivity index (χ0) is 9.84. The molecule has 0 fully saturated rings. The SMILES string of the molecule is C=C(C)C(=C(C)C#N)n1nccn1. The highest BCUT2D eigenvalue weighted by Gasteiger charge is 2.06. The van der Waals surface area contributed by atoms with Gasteiger partial charge in [-0.2, -0.15) is 20.3 Å². The molecule has 0 saturated heterocycles. The zero-order valence-electron chi connectivity index (χ0n) is 7.65. The van der Waals surface area contributed by atoms with Gasteiger partial charge in [0.05, 0.1) is 24.0 Å². The molecule has 13 heavy (non-hydrogen) atoms. The maximum absolute atomic E-state index is 8.74. The molecule has 0 N–H and O–H groups in total. The quantitative estimate of drug-likeness (QED) is 0.505. The van der Waals surface area contributed by atoms with Crippen molar-refractivity contribution >= 4 is 5.70 Å². The minimum atomic E-state index is 0.559. The van der Waals surface area contributed by atoms with E-state index in [4.69, 9.17) is 5.26 Å². The molecule has 0 aromatic carbocycles. The molecule has 4 nitrogen and oxygen atoms in total. The molecule has 0 spiro atoms. The Kier molecular flexibility index (Phi) is 2.60. The Balaban J connectivity index is 3.26. The highest BCUT2D eigenvalue weighted by Crippen LogP contribution is 2.15. The van der Waals surface area contributed by atoms with Crippen LogP contribution in [-0.2, 0) is 0 Å². The topological polar surface area (TPSA) is 54.5 Å². The van der Waals surface area contributed by atoms with Gasteiger partial charge in [-0.25, -0.2) is 0 Å². The number of nitriles is 1. The fourth-order valence-electron chi connectivity index (χ4n) is 1.02. The molecule has 0 atom stereocenters. The Morgan fingerprint density at radius 2 is 1.92 bits per heavy atom. The van der Waals surface area contributed by atoms with Crippen molar-refractivity contribution < 1.29 is 0 Å². The maximum atomic E-state index is 8.74. The van der Waals surface area contributed by atoms with E-state index in [2.05, 4.69) is 22.8 Å². The van der Waals surface area contributed by atoms with Crippen LogP contribution in [0.2, 0.25) is 0 Å². The second-order valence-electron chi connectivity index (χ2n) is 2.68. The van der Waals surface area contributed by atoms with Crippen LogP contribution in [0.15, 0.2) is 30.1 Å². The number of nitrogens with zero attached hydrogens (tertiary/aromatic N) is 4. The van der Waals surface area contributed by atoms with Gasteiger partial charge in [-0.05, 0) is 19.4 Å². The minimum Gasteiger partial charge on any atom is -0.193 e. The van der Waals surface area contributed by atoms with E-state index in [1.807, 2.05) is 6.92 Å². The second kappa shape index (κ2) is 3.68. The monoisotopic (exact) mass is 174 g/mol. The van der Waals surface area contributed by atoms with Gasteiger partial charge in [0.2, 0.25) is 0 Å². The summed E-state index contributed by atoms with van der Waals surface area (Å²) in [4.78, 5) is 1.40. The van der Waals surface area contributed by atoms with Gasteiger partial charge in [-0.15, -0.1) is 0 Å².